The number of piperidine rings is 1. The van der Waals surface area contributed by atoms with Crippen molar-refractivity contribution in [1.82, 2.24) is 0 Å². The van der Waals surface area contributed by atoms with Crippen LogP contribution in [-0.2, 0) is 13.6 Å². The lowest BCUT2D eigenvalue weighted by atomic mass is 10.1. The Bertz CT molecular complexity index is 229. The summed E-state index contributed by atoms with van der Waals surface area (Å²) in [6.07, 6.45) is 4.85. The van der Waals surface area contributed by atoms with Crippen LogP contribution in [0.15, 0.2) is 0 Å². The van der Waals surface area contributed by atoms with Crippen molar-refractivity contribution < 1.29 is 18.5 Å². The van der Waals surface area contributed by atoms with Gasteiger partial charge in [-0.2, -0.15) is 0 Å². The molecule has 0 bridgehead atoms. The second kappa shape index (κ2) is 7.44. The van der Waals surface area contributed by atoms with Crippen LogP contribution in [0.5, 0.6) is 0 Å². The summed E-state index contributed by atoms with van der Waals surface area (Å²) < 4.78 is 22.3. The topological polar surface area (TPSA) is 40.0 Å². The molecular formula is C11H25NO3P+. The van der Waals surface area contributed by atoms with Gasteiger partial charge in [0.2, 0.25) is 0 Å². The molecule has 5 heteroatoms. The number of rotatable bonds is 7. The van der Waals surface area contributed by atoms with Gasteiger partial charge in [-0.1, -0.05) is 6.92 Å². The van der Waals surface area contributed by atoms with Crippen molar-refractivity contribution in [3.63, 3.8) is 0 Å². The van der Waals surface area contributed by atoms with Crippen LogP contribution >= 0.6 is 7.60 Å². The van der Waals surface area contributed by atoms with Gasteiger partial charge in [0.25, 0.3) is 0 Å². The second-order valence-electron chi connectivity index (χ2n) is 4.50. The highest BCUT2D eigenvalue weighted by molar-refractivity contribution is 7.52. The van der Waals surface area contributed by atoms with E-state index in [4.69, 9.17) is 9.05 Å². The minimum absolute atomic E-state index is 0.518. The van der Waals surface area contributed by atoms with E-state index in [0.29, 0.717) is 13.2 Å². The molecule has 0 amide bonds. The van der Waals surface area contributed by atoms with E-state index < -0.39 is 7.60 Å². The smallest absolute Gasteiger partial charge is 0.327 e. The highest BCUT2D eigenvalue weighted by Gasteiger charge is 2.18. The van der Waals surface area contributed by atoms with Gasteiger partial charge in [-0.3, -0.25) is 4.57 Å². The van der Waals surface area contributed by atoms with Gasteiger partial charge in [-0.05, 0) is 25.7 Å². The number of hydrogen-bond acceptors (Lipinski definition) is 3. The quantitative estimate of drug-likeness (QED) is 0.693. The molecule has 16 heavy (non-hydrogen) atoms. The van der Waals surface area contributed by atoms with Crippen molar-refractivity contribution in [1.29, 1.82) is 0 Å². The van der Waals surface area contributed by atoms with Crippen molar-refractivity contribution in [3.05, 3.63) is 0 Å². The molecule has 1 aliphatic heterocycles. The molecule has 1 aliphatic rings. The Labute approximate surface area is 98.8 Å². The van der Waals surface area contributed by atoms with E-state index in [-0.39, 0.29) is 0 Å². The average Bonchev–Trinajstić information content (AvgIpc) is 2.28. The molecule has 1 heterocycles. The Morgan fingerprint density at radius 3 is 2.38 bits per heavy atom. The van der Waals surface area contributed by atoms with Crippen LogP contribution in [0.25, 0.3) is 0 Å². The van der Waals surface area contributed by atoms with Crippen LogP contribution < -0.4 is 4.90 Å². The normalized spacial score (nSPS) is 21.9. The number of quaternary nitrogens is 1. The molecule has 0 radical (unpaired) electrons. The minimum Gasteiger partial charge on any atom is -0.333 e. The number of nitrogens with one attached hydrogen (secondary N) is 1. The van der Waals surface area contributed by atoms with Gasteiger partial charge in [0.1, 0.15) is 13.2 Å². The molecule has 0 aromatic heterocycles. The van der Waals surface area contributed by atoms with Crippen LogP contribution in [0.4, 0.5) is 0 Å². The second-order valence-corrected chi connectivity index (χ2v) is 6.56. The Balaban J connectivity index is 2.10. The molecule has 96 valence electrons. The first kappa shape index (κ1) is 14.2. The fourth-order valence-corrected chi connectivity index (χ4v) is 2.96. The molecule has 0 unspecified atom stereocenters. The van der Waals surface area contributed by atoms with Gasteiger partial charge in [0.05, 0.1) is 19.7 Å². The fourth-order valence-electron chi connectivity index (χ4n) is 1.95. The summed E-state index contributed by atoms with van der Waals surface area (Å²) in [4.78, 5) is 1.57. The van der Waals surface area contributed by atoms with E-state index in [1.54, 1.807) is 11.6 Å². The summed E-state index contributed by atoms with van der Waals surface area (Å²) in [7, 11) is -2.79. The van der Waals surface area contributed by atoms with Gasteiger partial charge in [0, 0.05) is 6.66 Å². The molecule has 0 saturated carbocycles. The molecule has 1 saturated heterocycles. The van der Waals surface area contributed by atoms with E-state index in [0.717, 1.165) is 13.0 Å². The van der Waals surface area contributed by atoms with Crippen molar-refractivity contribution in [2.45, 2.75) is 32.6 Å². The Morgan fingerprint density at radius 1 is 1.12 bits per heavy atom. The fraction of sp³-hybridized carbons (Fsp3) is 1.00. The van der Waals surface area contributed by atoms with E-state index in [1.165, 1.54) is 32.4 Å². The zero-order chi connectivity index (χ0) is 11.9. The highest BCUT2D eigenvalue weighted by atomic mass is 31.2. The first-order chi connectivity index (χ1) is 7.64. The maximum atomic E-state index is 11.8. The van der Waals surface area contributed by atoms with Crippen molar-refractivity contribution in [3.8, 4) is 0 Å². The first-order valence-corrected chi connectivity index (χ1v) is 8.33. The summed E-state index contributed by atoms with van der Waals surface area (Å²) in [5.41, 5.74) is 0. The highest BCUT2D eigenvalue weighted by Crippen LogP contribution is 2.43. The maximum absolute atomic E-state index is 11.8. The standard InChI is InChI=1S/C11H24NO3P/c1-3-10-14-16(2,13)15-11-9-12-7-5-4-6-8-12/h3-11H2,1-2H3/p+1/t16-/m1/s1. The summed E-state index contributed by atoms with van der Waals surface area (Å²) in [6, 6.07) is 0. The third-order valence-corrected chi connectivity index (χ3v) is 4.18. The Morgan fingerprint density at radius 2 is 1.75 bits per heavy atom. The van der Waals surface area contributed by atoms with Crippen LogP contribution in [-0.4, -0.2) is 39.5 Å². The van der Waals surface area contributed by atoms with Gasteiger partial charge in [-0.25, -0.2) is 0 Å². The summed E-state index contributed by atoms with van der Waals surface area (Å²) in [6.45, 7) is 8.04. The zero-order valence-corrected chi connectivity index (χ0v) is 11.4. The molecule has 1 rings (SSSR count). The Hall–Kier alpha value is 0.110. The molecular weight excluding hydrogens is 225 g/mol. The van der Waals surface area contributed by atoms with Crippen LogP contribution in [0.2, 0.25) is 0 Å². The van der Waals surface area contributed by atoms with Crippen molar-refractivity contribution in [2.75, 3.05) is 39.5 Å². The maximum Gasteiger partial charge on any atom is 0.327 e. The van der Waals surface area contributed by atoms with Crippen LogP contribution in [0.1, 0.15) is 32.6 Å². The zero-order valence-electron chi connectivity index (χ0n) is 10.5. The summed E-state index contributed by atoms with van der Waals surface area (Å²) in [5.74, 6) is 0. The van der Waals surface area contributed by atoms with E-state index in [9.17, 15) is 4.57 Å². The van der Waals surface area contributed by atoms with E-state index in [2.05, 4.69) is 0 Å². The third kappa shape index (κ3) is 6.00. The van der Waals surface area contributed by atoms with Crippen molar-refractivity contribution in [2.24, 2.45) is 0 Å². The average molecular weight is 250 g/mol. The van der Waals surface area contributed by atoms with Gasteiger partial charge >= 0.3 is 7.60 Å². The summed E-state index contributed by atoms with van der Waals surface area (Å²) in [5, 5.41) is 0. The van der Waals surface area contributed by atoms with Crippen LogP contribution in [0, 0.1) is 0 Å². The predicted octanol–water partition coefficient (Wildman–Crippen LogP) is 1.32. The summed E-state index contributed by atoms with van der Waals surface area (Å²) >= 11 is 0. The first-order valence-electron chi connectivity index (χ1n) is 6.34. The predicted molar refractivity (Wildman–Crippen MR) is 65.1 cm³/mol. The minimum atomic E-state index is -2.79. The molecule has 4 nitrogen and oxygen atoms in total. The lowest BCUT2D eigenvalue weighted by Gasteiger charge is -2.24. The molecule has 1 atom stereocenters. The molecule has 1 fully saturated rings. The lowest BCUT2D eigenvalue weighted by Crippen LogP contribution is -3.13. The van der Waals surface area contributed by atoms with Crippen LogP contribution in [0.3, 0.4) is 0 Å². The van der Waals surface area contributed by atoms with Gasteiger partial charge < -0.3 is 13.9 Å². The molecule has 0 aliphatic carbocycles. The monoisotopic (exact) mass is 250 g/mol. The third-order valence-electron chi connectivity index (χ3n) is 2.87. The molecule has 1 N–H and O–H groups in total. The van der Waals surface area contributed by atoms with Gasteiger partial charge in [0.15, 0.2) is 0 Å². The van der Waals surface area contributed by atoms with Gasteiger partial charge in [-0.15, -0.1) is 0 Å². The lowest BCUT2D eigenvalue weighted by molar-refractivity contribution is -0.904. The SMILES string of the molecule is CCCO[P@@](C)(=O)OCC[NH+]1CCCCC1. The Kier molecular flexibility index (Phi) is 6.59. The molecule has 0 aromatic carbocycles. The number of hydrogen-bond donors (Lipinski definition) is 1. The van der Waals surface area contributed by atoms with E-state index in [1.807, 2.05) is 6.92 Å². The molecule has 0 spiro atoms. The van der Waals surface area contributed by atoms with E-state index >= 15 is 0 Å². The number of likely N-dealkylation sites (tertiary alicyclic amines) is 1. The largest absolute Gasteiger partial charge is 0.333 e. The van der Waals surface area contributed by atoms with Crippen molar-refractivity contribution >= 4 is 7.60 Å². The molecule has 0 aromatic rings.